The highest BCUT2D eigenvalue weighted by Crippen LogP contribution is 2.01. The molecule has 0 spiro atoms. The minimum atomic E-state index is -1.65. The van der Waals surface area contributed by atoms with Crippen LogP contribution in [0.2, 0.25) is 0 Å². The molecule has 0 saturated heterocycles. The van der Waals surface area contributed by atoms with Gasteiger partial charge >= 0.3 is 11.9 Å². The van der Waals surface area contributed by atoms with Crippen molar-refractivity contribution in [3.8, 4) is 0 Å². The van der Waals surface area contributed by atoms with Crippen LogP contribution in [0.5, 0.6) is 0 Å². The first-order valence-electron chi connectivity index (χ1n) is 8.45. The van der Waals surface area contributed by atoms with Gasteiger partial charge in [0.25, 0.3) is 0 Å². The number of aliphatic hydroxyl groups is 3. The lowest BCUT2D eigenvalue weighted by Crippen LogP contribution is -2.60. The first-order chi connectivity index (χ1) is 13.4. The van der Waals surface area contributed by atoms with Crippen LogP contribution in [0.1, 0.15) is 19.8 Å². The van der Waals surface area contributed by atoms with Crippen molar-refractivity contribution >= 4 is 29.7 Å². The lowest BCUT2D eigenvalue weighted by molar-refractivity contribution is -0.143. The van der Waals surface area contributed by atoms with Crippen molar-refractivity contribution in [1.29, 1.82) is 0 Å². The number of aliphatic carboxylic acids is 2. The van der Waals surface area contributed by atoms with Gasteiger partial charge in [-0.05, 0) is 13.3 Å². The van der Waals surface area contributed by atoms with Gasteiger partial charge in [-0.2, -0.15) is 0 Å². The molecule has 0 aromatic carbocycles. The molecule has 0 aliphatic rings. The summed E-state index contributed by atoms with van der Waals surface area (Å²) in [5.74, 6) is -5.98. The monoisotopic (exact) mass is 422 g/mol. The van der Waals surface area contributed by atoms with Crippen LogP contribution >= 0.6 is 0 Å². The fourth-order valence-corrected chi connectivity index (χ4v) is 2.00. The van der Waals surface area contributed by atoms with Crippen LogP contribution in [0.15, 0.2) is 0 Å². The Balaban J connectivity index is 5.12. The second kappa shape index (κ2) is 12.6. The number of nitrogens with one attached hydrogen (secondary N) is 3. The van der Waals surface area contributed by atoms with Crippen LogP contribution in [0.4, 0.5) is 0 Å². The van der Waals surface area contributed by atoms with Crippen LogP contribution in [0, 0.1) is 0 Å². The molecule has 10 N–H and O–H groups in total. The first kappa shape index (κ1) is 26.2. The first-order valence-corrected chi connectivity index (χ1v) is 8.45. The average Bonchev–Trinajstić information content (AvgIpc) is 2.65. The topological polar surface area (TPSA) is 249 Å². The van der Waals surface area contributed by atoms with E-state index in [1.165, 1.54) is 0 Å². The number of carboxylic acid groups (broad SMARTS) is 2. The van der Waals surface area contributed by atoms with Crippen molar-refractivity contribution < 1.29 is 49.5 Å². The third kappa shape index (κ3) is 9.29. The Morgan fingerprint density at radius 3 is 1.83 bits per heavy atom. The molecule has 0 aliphatic carbocycles. The maximum atomic E-state index is 12.3. The summed E-state index contributed by atoms with van der Waals surface area (Å²) in [6.45, 7) is -0.538. The normalized spacial score (nSPS) is 15.9. The molecule has 3 amide bonds. The number of aliphatic hydroxyl groups excluding tert-OH is 3. The predicted molar refractivity (Wildman–Crippen MR) is 94.1 cm³/mol. The Morgan fingerprint density at radius 2 is 1.41 bits per heavy atom. The van der Waals surface area contributed by atoms with Crippen LogP contribution < -0.4 is 21.7 Å². The van der Waals surface area contributed by atoms with Gasteiger partial charge < -0.3 is 47.2 Å². The Morgan fingerprint density at radius 1 is 0.862 bits per heavy atom. The quantitative estimate of drug-likeness (QED) is 0.136. The molecule has 0 rings (SSSR count). The molecular weight excluding hydrogens is 396 g/mol. The van der Waals surface area contributed by atoms with E-state index in [4.69, 9.17) is 21.1 Å². The second-order valence-electron chi connectivity index (χ2n) is 6.09. The summed E-state index contributed by atoms with van der Waals surface area (Å²) in [5.41, 5.74) is 5.30. The lowest BCUT2D eigenvalue weighted by atomic mass is 10.1. The molecule has 166 valence electrons. The number of amides is 3. The maximum Gasteiger partial charge on any atom is 0.326 e. The van der Waals surface area contributed by atoms with Crippen molar-refractivity contribution in [2.24, 2.45) is 5.73 Å². The van der Waals surface area contributed by atoms with E-state index in [0.29, 0.717) is 0 Å². The Bertz CT molecular complexity index is 612. The number of rotatable bonds is 13. The van der Waals surface area contributed by atoms with Gasteiger partial charge in [0.05, 0.1) is 19.3 Å². The molecule has 29 heavy (non-hydrogen) atoms. The van der Waals surface area contributed by atoms with Crippen molar-refractivity contribution in [2.75, 3.05) is 13.2 Å². The van der Waals surface area contributed by atoms with E-state index in [1.54, 1.807) is 0 Å². The van der Waals surface area contributed by atoms with Gasteiger partial charge in [0.15, 0.2) is 0 Å². The molecule has 14 nitrogen and oxygen atoms in total. The summed E-state index contributed by atoms with van der Waals surface area (Å²) >= 11 is 0. The highest BCUT2D eigenvalue weighted by molar-refractivity contribution is 5.94. The Labute approximate surface area is 165 Å². The van der Waals surface area contributed by atoms with Crippen LogP contribution in [-0.4, -0.2) is 98.7 Å². The summed E-state index contributed by atoms with van der Waals surface area (Å²) in [5, 5.41) is 51.6. The summed E-state index contributed by atoms with van der Waals surface area (Å²) in [4.78, 5) is 57.8. The van der Waals surface area contributed by atoms with Gasteiger partial charge in [-0.1, -0.05) is 0 Å². The van der Waals surface area contributed by atoms with Crippen LogP contribution in [0.25, 0.3) is 0 Å². The Kier molecular flexibility index (Phi) is 11.4. The standard InChI is InChI=1S/C15H26N4O10/c1-6(22)11(19-12(25)7(16)4-20)14(27)18-9(5-21)13(26)17-8(15(28)29)2-3-10(23)24/h6-9,11,20-22H,2-5,16H2,1H3,(H,17,26)(H,18,27)(H,19,25)(H,23,24)(H,28,29). The molecule has 5 unspecified atom stereocenters. The van der Waals surface area contributed by atoms with E-state index >= 15 is 0 Å². The highest BCUT2D eigenvalue weighted by atomic mass is 16.4. The number of hydrogen-bond acceptors (Lipinski definition) is 9. The van der Waals surface area contributed by atoms with Gasteiger partial charge in [0.2, 0.25) is 17.7 Å². The number of carbonyl (C=O) groups is 5. The highest BCUT2D eigenvalue weighted by Gasteiger charge is 2.32. The molecule has 0 heterocycles. The minimum Gasteiger partial charge on any atom is -0.481 e. The summed E-state index contributed by atoms with van der Waals surface area (Å²) in [6.07, 6.45) is -2.43. The van der Waals surface area contributed by atoms with E-state index in [2.05, 4.69) is 5.32 Å². The molecule has 0 fully saturated rings. The molecule has 5 atom stereocenters. The summed E-state index contributed by atoms with van der Waals surface area (Å²) in [6, 6.07) is -6.20. The van der Waals surface area contributed by atoms with Crippen LogP contribution in [-0.2, 0) is 24.0 Å². The van der Waals surface area contributed by atoms with E-state index in [9.17, 15) is 34.2 Å². The zero-order chi connectivity index (χ0) is 22.7. The maximum absolute atomic E-state index is 12.3. The Hall–Kier alpha value is -2.81. The third-order valence-electron chi connectivity index (χ3n) is 3.67. The average molecular weight is 422 g/mol. The zero-order valence-electron chi connectivity index (χ0n) is 15.6. The zero-order valence-corrected chi connectivity index (χ0v) is 15.6. The van der Waals surface area contributed by atoms with Crippen molar-refractivity contribution in [3.63, 3.8) is 0 Å². The van der Waals surface area contributed by atoms with Gasteiger partial charge in [-0.3, -0.25) is 19.2 Å². The van der Waals surface area contributed by atoms with Gasteiger partial charge in [0, 0.05) is 6.42 Å². The second-order valence-corrected chi connectivity index (χ2v) is 6.09. The molecule has 0 aromatic heterocycles. The van der Waals surface area contributed by atoms with Crippen molar-refractivity contribution in [1.82, 2.24) is 16.0 Å². The smallest absolute Gasteiger partial charge is 0.326 e. The number of carboxylic acids is 2. The number of carbonyl (C=O) groups excluding carboxylic acids is 3. The fourth-order valence-electron chi connectivity index (χ4n) is 2.00. The van der Waals surface area contributed by atoms with E-state index in [0.717, 1.165) is 6.92 Å². The minimum absolute atomic E-state index is 0.437. The molecule has 0 aliphatic heterocycles. The summed E-state index contributed by atoms with van der Waals surface area (Å²) < 4.78 is 0. The molecule has 0 saturated carbocycles. The molecule has 0 radical (unpaired) electrons. The fraction of sp³-hybridized carbons (Fsp3) is 0.667. The molecule has 0 aromatic rings. The number of hydrogen-bond donors (Lipinski definition) is 9. The molecule has 0 bridgehead atoms. The van der Waals surface area contributed by atoms with Gasteiger partial charge in [0.1, 0.15) is 24.2 Å². The summed E-state index contributed by atoms with van der Waals surface area (Å²) in [7, 11) is 0. The SMILES string of the molecule is CC(O)C(NC(=O)C(N)CO)C(=O)NC(CO)C(=O)NC(CCC(=O)O)C(=O)O. The van der Waals surface area contributed by atoms with E-state index in [1.807, 2.05) is 10.6 Å². The third-order valence-corrected chi connectivity index (χ3v) is 3.67. The van der Waals surface area contributed by atoms with Crippen molar-refractivity contribution in [2.45, 2.75) is 50.0 Å². The number of nitrogens with two attached hydrogens (primary N) is 1. The van der Waals surface area contributed by atoms with Crippen molar-refractivity contribution in [3.05, 3.63) is 0 Å². The molecule has 14 heteroatoms. The van der Waals surface area contributed by atoms with Crippen LogP contribution in [0.3, 0.4) is 0 Å². The predicted octanol–water partition coefficient (Wildman–Crippen LogP) is -4.92. The van der Waals surface area contributed by atoms with E-state index < -0.39 is 86.0 Å². The molecular formula is C15H26N4O10. The largest absolute Gasteiger partial charge is 0.481 e. The van der Waals surface area contributed by atoms with Gasteiger partial charge in [-0.25, -0.2) is 4.79 Å². The lowest BCUT2D eigenvalue weighted by Gasteiger charge is -2.25. The van der Waals surface area contributed by atoms with E-state index in [-0.39, 0.29) is 0 Å². The van der Waals surface area contributed by atoms with Gasteiger partial charge in [-0.15, -0.1) is 0 Å².